The van der Waals surface area contributed by atoms with Crippen molar-refractivity contribution in [2.24, 2.45) is 5.92 Å². The predicted molar refractivity (Wildman–Crippen MR) is 69.7 cm³/mol. The second-order valence-electron chi connectivity index (χ2n) is 4.16. The highest BCUT2D eigenvalue weighted by Crippen LogP contribution is 2.41. The maximum atomic E-state index is 10.2. The van der Waals surface area contributed by atoms with Crippen molar-refractivity contribution in [3.05, 3.63) is 19.9 Å². The van der Waals surface area contributed by atoms with Gasteiger partial charge in [-0.1, -0.05) is 19.3 Å². The second kappa shape index (κ2) is 4.69. The maximum absolute atomic E-state index is 10.2. The summed E-state index contributed by atoms with van der Waals surface area (Å²) in [7, 11) is 0. The molecule has 0 radical (unpaired) electrons. The minimum absolute atomic E-state index is 0.0124. The Morgan fingerprint density at radius 2 is 1.93 bits per heavy atom. The summed E-state index contributed by atoms with van der Waals surface area (Å²) in [6, 6.07) is 1.94. The predicted octanol–water partition coefficient (Wildman–Crippen LogP) is 3.07. The average Bonchev–Trinajstić information content (AvgIpc) is 2.66. The van der Waals surface area contributed by atoms with Crippen LogP contribution in [0, 0.1) is 9.49 Å². The van der Waals surface area contributed by atoms with Gasteiger partial charge in [0.25, 0.3) is 0 Å². The van der Waals surface area contributed by atoms with Crippen LogP contribution in [0.2, 0.25) is 0 Å². The molecule has 4 heteroatoms. The SMILES string of the molecule is OC(O)(c1sccc1I)C1CCCCC1. The average molecular weight is 338 g/mol. The highest BCUT2D eigenvalue weighted by molar-refractivity contribution is 14.1. The van der Waals surface area contributed by atoms with Gasteiger partial charge in [-0.05, 0) is 46.9 Å². The van der Waals surface area contributed by atoms with E-state index in [0.29, 0.717) is 0 Å². The number of rotatable bonds is 2. The lowest BCUT2D eigenvalue weighted by molar-refractivity contribution is -0.214. The van der Waals surface area contributed by atoms with E-state index >= 15 is 0 Å². The zero-order valence-electron chi connectivity index (χ0n) is 8.45. The molecular formula is C11H15IO2S. The van der Waals surface area contributed by atoms with Crippen LogP contribution in [0.3, 0.4) is 0 Å². The number of hydrogen-bond donors (Lipinski definition) is 2. The van der Waals surface area contributed by atoms with Crippen molar-refractivity contribution in [1.82, 2.24) is 0 Å². The number of aliphatic hydroxyl groups is 2. The molecule has 84 valence electrons. The smallest absolute Gasteiger partial charge is 0.203 e. The number of thiophene rings is 1. The lowest BCUT2D eigenvalue weighted by Gasteiger charge is -2.33. The van der Waals surface area contributed by atoms with Crippen LogP contribution in [0.25, 0.3) is 0 Å². The molecule has 1 aliphatic carbocycles. The van der Waals surface area contributed by atoms with Gasteiger partial charge in [-0.2, -0.15) is 0 Å². The van der Waals surface area contributed by atoms with Crippen LogP contribution >= 0.6 is 33.9 Å². The monoisotopic (exact) mass is 338 g/mol. The van der Waals surface area contributed by atoms with Crippen LogP contribution in [0.15, 0.2) is 11.4 Å². The summed E-state index contributed by atoms with van der Waals surface area (Å²) in [5.74, 6) is -1.59. The molecule has 0 bridgehead atoms. The zero-order chi connectivity index (χ0) is 10.9. The van der Waals surface area contributed by atoms with E-state index in [1.807, 2.05) is 11.4 Å². The standard InChI is InChI=1S/C11H15IO2S/c12-9-6-7-15-10(9)11(13,14)8-4-2-1-3-5-8/h6-8,13-14H,1-5H2. The molecule has 15 heavy (non-hydrogen) atoms. The van der Waals surface area contributed by atoms with Crippen LogP contribution < -0.4 is 0 Å². The van der Waals surface area contributed by atoms with Gasteiger partial charge < -0.3 is 10.2 Å². The van der Waals surface area contributed by atoms with Crippen molar-refractivity contribution >= 4 is 33.9 Å². The van der Waals surface area contributed by atoms with Crippen LogP contribution in [0.4, 0.5) is 0 Å². The highest BCUT2D eigenvalue weighted by atomic mass is 127. The molecule has 0 saturated heterocycles. The summed E-state index contributed by atoms with van der Waals surface area (Å²) in [5, 5.41) is 22.4. The van der Waals surface area contributed by atoms with Gasteiger partial charge in [-0.3, -0.25) is 0 Å². The van der Waals surface area contributed by atoms with Crippen LogP contribution in [0.1, 0.15) is 37.0 Å². The molecule has 1 heterocycles. The van der Waals surface area contributed by atoms with Gasteiger partial charge in [0.05, 0.1) is 4.88 Å². The Labute approximate surface area is 107 Å². The van der Waals surface area contributed by atoms with Crippen molar-refractivity contribution in [2.45, 2.75) is 37.9 Å². The molecular weight excluding hydrogens is 323 g/mol. The Morgan fingerprint density at radius 3 is 2.47 bits per heavy atom. The third-order valence-electron chi connectivity index (χ3n) is 3.13. The molecule has 2 N–H and O–H groups in total. The summed E-state index contributed by atoms with van der Waals surface area (Å²) >= 11 is 3.61. The fourth-order valence-corrected chi connectivity index (χ4v) is 4.31. The lowest BCUT2D eigenvalue weighted by Crippen LogP contribution is -2.35. The van der Waals surface area contributed by atoms with Gasteiger partial charge >= 0.3 is 0 Å². The van der Waals surface area contributed by atoms with Crippen molar-refractivity contribution in [2.75, 3.05) is 0 Å². The van der Waals surface area contributed by atoms with Gasteiger partial charge in [-0.25, -0.2) is 0 Å². The lowest BCUT2D eigenvalue weighted by atomic mass is 9.82. The van der Waals surface area contributed by atoms with Gasteiger partial charge in [0.1, 0.15) is 0 Å². The van der Waals surface area contributed by atoms with Crippen molar-refractivity contribution < 1.29 is 10.2 Å². The summed E-state index contributed by atoms with van der Waals surface area (Å²) in [4.78, 5) is 0.718. The molecule has 2 rings (SSSR count). The Balaban J connectivity index is 2.21. The first-order chi connectivity index (χ1) is 7.12. The number of halogens is 1. The van der Waals surface area contributed by atoms with Crippen LogP contribution in [-0.2, 0) is 5.79 Å². The first-order valence-electron chi connectivity index (χ1n) is 5.30. The summed E-state index contributed by atoms with van der Waals surface area (Å²) in [6.07, 6.45) is 5.33. The molecule has 1 saturated carbocycles. The Bertz CT molecular complexity index is 329. The highest BCUT2D eigenvalue weighted by Gasteiger charge is 2.39. The summed E-state index contributed by atoms with van der Waals surface area (Å²) < 4.78 is 0.966. The van der Waals surface area contributed by atoms with E-state index in [1.165, 1.54) is 17.8 Å². The van der Waals surface area contributed by atoms with Crippen molar-refractivity contribution in [1.29, 1.82) is 0 Å². The molecule has 0 aliphatic heterocycles. The molecule has 0 spiro atoms. The quantitative estimate of drug-likeness (QED) is 0.643. The third kappa shape index (κ3) is 2.38. The molecule has 0 unspecified atom stereocenters. The minimum Gasteiger partial charge on any atom is -0.361 e. The topological polar surface area (TPSA) is 40.5 Å². The van der Waals surface area contributed by atoms with E-state index in [4.69, 9.17) is 0 Å². The first-order valence-corrected chi connectivity index (χ1v) is 7.26. The third-order valence-corrected chi connectivity index (χ3v) is 5.42. The second-order valence-corrected chi connectivity index (χ2v) is 6.24. The first kappa shape index (κ1) is 11.8. The zero-order valence-corrected chi connectivity index (χ0v) is 11.4. The molecule has 2 nitrogen and oxygen atoms in total. The van der Waals surface area contributed by atoms with Gasteiger partial charge in [0, 0.05) is 9.49 Å². The number of hydrogen-bond acceptors (Lipinski definition) is 3. The van der Waals surface area contributed by atoms with Crippen molar-refractivity contribution in [3.63, 3.8) is 0 Å². The molecule has 1 aromatic rings. The van der Waals surface area contributed by atoms with E-state index in [2.05, 4.69) is 22.6 Å². The maximum Gasteiger partial charge on any atom is 0.203 e. The van der Waals surface area contributed by atoms with Gasteiger partial charge in [0.2, 0.25) is 5.79 Å². The summed E-state index contributed by atoms with van der Waals surface area (Å²) in [6.45, 7) is 0. The van der Waals surface area contributed by atoms with Gasteiger partial charge in [-0.15, -0.1) is 11.3 Å². The normalized spacial score (nSPS) is 19.4. The molecule has 0 amide bonds. The van der Waals surface area contributed by atoms with E-state index in [-0.39, 0.29) is 5.92 Å². The largest absolute Gasteiger partial charge is 0.361 e. The van der Waals surface area contributed by atoms with E-state index in [1.54, 1.807) is 0 Å². The fraction of sp³-hybridized carbons (Fsp3) is 0.636. The fourth-order valence-electron chi connectivity index (χ4n) is 2.25. The molecule has 1 fully saturated rings. The summed E-state index contributed by atoms with van der Waals surface area (Å²) in [5.41, 5.74) is 0. The van der Waals surface area contributed by atoms with Crippen LogP contribution in [-0.4, -0.2) is 10.2 Å². The van der Waals surface area contributed by atoms with Crippen molar-refractivity contribution in [3.8, 4) is 0 Å². The molecule has 1 aromatic heterocycles. The van der Waals surface area contributed by atoms with E-state index in [0.717, 1.165) is 34.1 Å². The van der Waals surface area contributed by atoms with Crippen LogP contribution in [0.5, 0.6) is 0 Å². The Hall–Kier alpha value is 0.350. The minimum atomic E-state index is -1.61. The van der Waals surface area contributed by atoms with E-state index in [9.17, 15) is 10.2 Å². The molecule has 1 aliphatic rings. The van der Waals surface area contributed by atoms with Gasteiger partial charge in [0.15, 0.2) is 0 Å². The Kier molecular flexibility index (Phi) is 3.70. The molecule has 0 atom stereocenters. The molecule has 0 aromatic carbocycles. The van der Waals surface area contributed by atoms with E-state index < -0.39 is 5.79 Å². The Morgan fingerprint density at radius 1 is 1.27 bits per heavy atom.